The Morgan fingerprint density at radius 3 is 2.36 bits per heavy atom. The third kappa shape index (κ3) is 4.90. The summed E-state index contributed by atoms with van der Waals surface area (Å²) < 4.78 is 38.4. The maximum Gasteiger partial charge on any atom is 0.416 e. The van der Waals surface area contributed by atoms with E-state index in [1.165, 1.54) is 30.5 Å². The van der Waals surface area contributed by atoms with E-state index in [2.05, 4.69) is 6.92 Å². The number of hydrogen-bond acceptors (Lipinski definition) is 2. The Kier molecular flexibility index (Phi) is 6.70. The second-order valence-electron chi connectivity index (χ2n) is 7.00. The number of halogens is 3. The quantitative estimate of drug-likeness (QED) is 0.522. The van der Waals surface area contributed by atoms with E-state index in [-0.39, 0.29) is 11.3 Å². The summed E-state index contributed by atoms with van der Waals surface area (Å²) in [4.78, 5) is 14.7. The summed E-state index contributed by atoms with van der Waals surface area (Å²) in [6, 6.07) is 12.8. The van der Waals surface area contributed by atoms with Gasteiger partial charge in [-0.25, -0.2) is 0 Å². The van der Waals surface area contributed by atoms with Gasteiger partial charge in [-0.1, -0.05) is 44.0 Å². The van der Waals surface area contributed by atoms with E-state index in [0.717, 1.165) is 36.3 Å². The molecule has 1 amide bonds. The average molecular weight is 408 g/mol. The fourth-order valence-electron chi connectivity index (χ4n) is 3.35. The molecule has 1 fully saturated rings. The third-order valence-corrected chi connectivity index (χ3v) is 6.21. The summed E-state index contributed by atoms with van der Waals surface area (Å²) in [6.07, 6.45) is 0.170. The van der Waals surface area contributed by atoms with Crippen LogP contribution in [0.4, 0.5) is 13.2 Å². The van der Waals surface area contributed by atoms with Crippen molar-refractivity contribution in [2.24, 2.45) is 0 Å². The molecular weight excluding hydrogens is 383 g/mol. The van der Waals surface area contributed by atoms with E-state index >= 15 is 0 Å². The molecule has 0 spiro atoms. The molecule has 1 aliphatic rings. The first-order chi connectivity index (χ1) is 13.4. The van der Waals surface area contributed by atoms with Crippen LogP contribution < -0.4 is 0 Å². The van der Waals surface area contributed by atoms with E-state index in [4.69, 9.17) is 0 Å². The minimum Gasteiger partial charge on any atom is -0.322 e. The molecule has 1 heterocycles. The highest BCUT2D eigenvalue weighted by atomic mass is 32.2. The molecule has 0 aromatic heterocycles. The van der Waals surface area contributed by atoms with Crippen molar-refractivity contribution in [3.63, 3.8) is 0 Å². The third-order valence-electron chi connectivity index (χ3n) is 4.94. The molecule has 1 atom stereocenters. The number of carbonyl (C=O) groups excluding carboxylic acids is 1. The topological polar surface area (TPSA) is 20.3 Å². The number of alkyl halides is 3. The number of unbranched alkanes of at least 4 members (excludes halogenated alkanes) is 2. The minimum absolute atomic E-state index is 0.0741. The van der Waals surface area contributed by atoms with Gasteiger partial charge in [-0.15, -0.1) is 11.8 Å². The van der Waals surface area contributed by atoms with Crippen LogP contribution in [0.15, 0.2) is 48.5 Å². The van der Waals surface area contributed by atoms with Crippen LogP contribution in [0.5, 0.6) is 0 Å². The van der Waals surface area contributed by atoms with Crippen molar-refractivity contribution in [3.05, 3.63) is 70.8 Å². The van der Waals surface area contributed by atoms with Gasteiger partial charge in [0.25, 0.3) is 5.91 Å². The lowest BCUT2D eigenvalue weighted by atomic mass is 10.0. The largest absolute Gasteiger partial charge is 0.416 e. The second kappa shape index (κ2) is 9.03. The van der Waals surface area contributed by atoms with Gasteiger partial charge in [-0.05, 0) is 48.2 Å². The van der Waals surface area contributed by atoms with Crippen LogP contribution in [0.25, 0.3) is 0 Å². The normalized spacial score (nSPS) is 17.1. The SMILES string of the molecule is CCCCCc1ccc(C(=O)N2CCS[C@@H]2c2ccc(C(F)(F)F)cc2)cc1. The second-order valence-corrected chi connectivity index (χ2v) is 8.18. The van der Waals surface area contributed by atoms with Gasteiger partial charge in [0.2, 0.25) is 0 Å². The fourth-order valence-corrected chi connectivity index (χ4v) is 4.61. The molecule has 0 aliphatic carbocycles. The Labute approximate surface area is 168 Å². The van der Waals surface area contributed by atoms with Crippen LogP contribution in [0.3, 0.4) is 0 Å². The van der Waals surface area contributed by atoms with Crippen LogP contribution in [0, 0.1) is 0 Å². The molecule has 0 saturated carbocycles. The minimum atomic E-state index is -4.35. The van der Waals surface area contributed by atoms with Gasteiger partial charge in [0.1, 0.15) is 5.37 Å². The number of amides is 1. The Morgan fingerprint density at radius 2 is 1.75 bits per heavy atom. The molecule has 3 rings (SSSR count). The Bertz CT molecular complexity index is 787. The van der Waals surface area contributed by atoms with Crippen molar-refractivity contribution < 1.29 is 18.0 Å². The number of rotatable bonds is 6. The molecule has 28 heavy (non-hydrogen) atoms. The van der Waals surface area contributed by atoms with E-state index < -0.39 is 11.7 Å². The van der Waals surface area contributed by atoms with Crippen LogP contribution in [0.1, 0.15) is 58.6 Å². The lowest BCUT2D eigenvalue weighted by Gasteiger charge is -2.24. The van der Waals surface area contributed by atoms with Crippen molar-refractivity contribution in [2.75, 3.05) is 12.3 Å². The zero-order valence-corrected chi connectivity index (χ0v) is 16.7. The van der Waals surface area contributed by atoms with Gasteiger partial charge < -0.3 is 4.90 Å². The van der Waals surface area contributed by atoms with Crippen molar-refractivity contribution in [1.82, 2.24) is 4.90 Å². The molecule has 2 nitrogen and oxygen atoms in total. The number of thioether (sulfide) groups is 1. The number of hydrogen-bond donors (Lipinski definition) is 0. The highest BCUT2D eigenvalue weighted by Crippen LogP contribution is 2.40. The smallest absolute Gasteiger partial charge is 0.322 e. The monoisotopic (exact) mass is 407 g/mol. The fraction of sp³-hybridized carbons (Fsp3) is 0.409. The van der Waals surface area contributed by atoms with Gasteiger partial charge in [-0.2, -0.15) is 13.2 Å². The summed E-state index contributed by atoms with van der Waals surface area (Å²) in [5.74, 6) is 0.696. The number of aryl methyl sites for hydroxylation is 1. The maximum atomic E-state index is 13.0. The van der Waals surface area contributed by atoms with Gasteiger partial charge in [0, 0.05) is 17.9 Å². The molecule has 1 aliphatic heterocycles. The van der Waals surface area contributed by atoms with Crippen molar-refractivity contribution in [3.8, 4) is 0 Å². The molecule has 2 aromatic carbocycles. The molecule has 150 valence electrons. The van der Waals surface area contributed by atoms with Crippen molar-refractivity contribution >= 4 is 17.7 Å². The van der Waals surface area contributed by atoms with Gasteiger partial charge in [0.05, 0.1) is 5.56 Å². The zero-order chi connectivity index (χ0) is 20.1. The van der Waals surface area contributed by atoms with Crippen LogP contribution in [0.2, 0.25) is 0 Å². The molecule has 0 bridgehead atoms. The Balaban J connectivity index is 1.70. The number of benzene rings is 2. The van der Waals surface area contributed by atoms with Gasteiger partial charge in [0.15, 0.2) is 0 Å². The zero-order valence-electron chi connectivity index (χ0n) is 15.8. The summed E-state index contributed by atoms with van der Waals surface area (Å²) in [5.41, 5.74) is 1.90. The Morgan fingerprint density at radius 1 is 1.07 bits per heavy atom. The molecule has 0 radical (unpaired) electrons. The first kappa shape index (κ1) is 20.8. The van der Waals surface area contributed by atoms with E-state index in [1.54, 1.807) is 16.7 Å². The standard InChI is InChI=1S/C22H24F3NOS/c1-2-3-4-5-16-6-8-17(9-7-16)20(27)26-14-15-28-21(26)18-10-12-19(13-11-18)22(23,24)25/h6-13,21H,2-5,14-15H2,1H3/t21-/m1/s1. The summed E-state index contributed by atoms with van der Waals surface area (Å²) in [6.45, 7) is 2.76. The first-order valence-corrected chi connectivity index (χ1v) is 10.6. The summed E-state index contributed by atoms with van der Waals surface area (Å²) in [5, 5.41) is -0.251. The van der Waals surface area contributed by atoms with E-state index in [0.29, 0.717) is 12.1 Å². The molecule has 0 unspecified atom stereocenters. The van der Waals surface area contributed by atoms with Crippen molar-refractivity contribution in [2.45, 2.75) is 44.2 Å². The van der Waals surface area contributed by atoms with Crippen LogP contribution in [-0.2, 0) is 12.6 Å². The predicted octanol–water partition coefficient (Wildman–Crippen LogP) is 6.33. The highest BCUT2D eigenvalue weighted by Gasteiger charge is 2.33. The van der Waals surface area contributed by atoms with Crippen LogP contribution >= 0.6 is 11.8 Å². The maximum absolute atomic E-state index is 13.0. The Hall–Kier alpha value is -1.95. The lowest BCUT2D eigenvalue weighted by Crippen LogP contribution is -2.30. The summed E-state index contributed by atoms with van der Waals surface area (Å²) >= 11 is 1.58. The molecule has 1 saturated heterocycles. The first-order valence-electron chi connectivity index (χ1n) is 9.59. The lowest BCUT2D eigenvalue weighted by molar-refractivity contribution is -0.137. The van der Waals surface area contributed by atoms with E-state index in [9.17, 15) is 18.0 Å². The molecule has 6 heteroatoms. The molecule has 2 aromatic rings. The summed E-state index contributed by atoms with van der Waals surface area (Å²) in [7, 11) is 0. The molecule has 0 N–H and O–H groups in total. The highest BCUT2D eigenvalue weighted by molar-refractivity contribution is 7.99. The van der Waals surface area contributed by atoms with E-state index in [1.807, 2.05) is 24.3 Å². The van der Waals surface area contributed by atoms with Gasteiger partial charge >= 0.3 is 6.18 Å². The molecular formula is C22H24F3NOS. The number of carbonyl (C=O) groups is 1. The number of nitrogens with zero attached hydrogens (tertiary/aromatic N) is 1. The predicted molar refractivity (Wildman–Crippen MR) is 107 cm³/mol. The van der Waals surface area contributed by atoms with Gasteiger partial charge in [-0.3, -0.25) is 4.79 Å². The average Bonchev–Trinajstić information content (AvgIpc) is 3.17. The van der Waals surface area contributed by atoms with Crippen LogP contribution in [-0.4, -0.2) is 23.1 Å². The van der Waals surface area contributed by atoms with Crippen molar-refractivity contribution in [1.29, 1.82) is 0 Å².